The van der Waals surface area contributed by atoms with E-state index in [2.05, 4.69) is 25.7 Å². The number of hydrogen-bond donors (Lipinski definition) is 0. The third-order valence-electron chi connectivity index (χ3n) is 1.34. The molecule has 0 aliphatic carbocycles. The summed E-state index contributed by atoms with van der Waals surface area (Å²) in [6, 6.07) is 3.56. The molecule has 1 aromatic rings. The van der Waals surface area contributed by atoms with Gasteiger partial charge < -0.3 is 9.47 Å². The first kappa shape index (κ1) is 11.0. The quantitative estimate of drug-likeness (QED) is 0.611. The van der Waals surface area contributed by atoms with E-state index in [4.69, 9.17) is 4.74 Å². The molecule has 4 nitrogen and oxygen atoms in total. The molecule has 0 fully saturated rings. The predicted octanol–water partition coefficient (Wildman–Crippen LogP) is 1.79. The summed E-state index contributed by atoms with van der Waals surface area (Å²) in [6.07, 6.45) is 1.64. The highest BCUT2D eigenvalue weighted by Gasteiger charge is 1.96. The molecule has 5 heteroatoms. The molecule has 0 radical (unpaired) electrons. The number of carbonyl (C=O) groups excluding carboxylic acids is 1. The number of rotatable bonds is 4. The van der Waals surface area contributed by atoms with Crippen LogP contribution >= 0.6 is 15.9 Å². The van der Waals surface area contributed by atoms with Gasteiger partial charge in [-0.3, -0.25) is 4.79 Å². The first-order valence-electron chi connectivity index (χ1n) is 4.06. The van der Waals surface area contributed by atoms with Crippen molar-refractivity contribution in [1.29, 1.82) is 0 Å². The molecule has 14 heavy (non-hydrogen) atoms. The van der Waals surface area contributed by atoms with Gasteiger partial charge in [0.2, 0.25) is 5.88 Å². The standard InChI is InChI=1S/C9H10BrNO3/c1-7(12)13-4-5-14-9-3-2-8(10)6-11-9/h2-3,6H,4-5H2,1H3. The summed E-state index contributed by atoms with van der Waals surface area (Å²) in [5.41, 5.74) is 0. The van der Waals surface area contributed by atoms with Crippen molar-refractivity contribution in [3.05, 3.63) is 22.8 Å². The van der Waals surface area contributed by atoms with Crippen LogP contribution < -0.4 is 4.74 Å². The molecule has 0 saturated carbocycles. The first-order chi connectivity index (χ1) is 6.68. The van der Waals surface area contributed by atoms with Crippen LogP contribution in [0.4, 0.5) is 0 Å². The van der Waals surface area contributed by atoms with E-state index < -0.39 is 0 Å². The fraction of sp³-hybridized carbons (Fsp3) is 0.333. The Labute approximate surface area is 90.4 Å². The molecule has 0 N–H and O–H groups in total. The molecule has 0 unspecified atom stereocenters. The third-order valence-corrected chi connectivity index (χ3v) is 1.81. The Kier molecular flexibility index (Phi) is 4.39. The summed E-state index contributed by atoms with van der Waals surface area (Å²) < 4.78 is 10.8. The lowest BCUT2D eigenvalue weighted by Gasteiger charge is -2.04. The number of halogens is 1. The van der Waals surface area contributed by atoms with Gasteiger partial charge in [-0.25, -0.2) is 4.98 Å². The zero-order valence-corrected chi connectivity index (χ0v) is 9.28. The Bertz CT molecular complexity index is 299. The van der Waals surface area contributed by atoms with Gasteiger partial charge in [-0.2, -0.15) is 0 Å². The van der Waals surface area contributed by atoms with Crippen LogP contribution in [0.1, 0.15) is 6.92 Å². The lowest BCUT2D eigenvalue weighted by molar-refractivity contribution is -0.141. The molecule has 0 saturated heterocycles. The zero-order valence-electron chi connectivity index (χ0n) is 7.70. The van der Waals surface area contributed by atoms with Gasteiger partial charge >= 0.3 is 5.97 Å². The van der Waals surface area contributed by atoms with Crippen LogP contribution in [0.3, 0.4) is 0 Å². The van der Waals surface area contributed by atoms with Gasteiger partial charge in [0.25, 0.3) is 0 Å². The zero-order chi connectivity index (χ0) is 10.4. The van der Waals surface area contributed by atoms with Crippen molar-refractivity contribution in [2.45, 2.75) is 6.92 Å². The SMILES string of the molecule is CC(=O)OCCOc1ccc(Br)cn1. The number of hydrogen-bond acceptors (Lipinski definition) is 4. The predicted molar refractivity (Wildman–Crippen MR) is 54.1 cm³/mol. The second-order valence-electron chi connectivity index (χ2n) is 2.50. The van der Waals surface area contributed by atoms with E-state index in [1.54, 1.807) is 12.3 Å². The van der Waals surface area contributed by atoms with Gasteiger partial charge in [0.1, 0.15) is 13.2 Å². The minimum absolute atomic E-state index is 0.243. The van der Waals surface area contributed by atoms with Crippen molar-refractivity contribution >= 4 is 21.9 Å². The molecule has 0 aromatic carbocycles. The highest BCUT2D eigenvalue weighted by atomic mass is 79.9. The minimum atomic E-state index is -0.308. The van der Waals surface area contributed by atoms with E-state index in [0.717, 1.165) is 4.47 Å². The normalized spacial score (nSPS) is 9.57. The van der Waals surface area contributed by atoms with E-state index in [1.807, 2.05) is 6.07 Å². The van der Waals surface area contributed by atoms with Crippen molar-refractivity contribution in [2.75, 3.05) is 13.2 Å². The maximum atomic E-state index is 10.4. The lowest BCUT2D eigenvalue weighted by atomic mass is 10.5. The summed E-state index contributed by atoms with van der Waals surface area (Å²) in [5, 5.41) is 0. The van der Waals surface area contributed by atoms with E-state index >= 15 is 0 Å². The largest absolute Gasteiger partial charge is 0.474 e. The Morgan fingerprint density at radius 3 is 2.86 bits per heavy atom. The molecule has 0 aliphatic heterocycles. The Balaban J connectivity index is 2.25. The van der Waals surface area contributed by atoms with E-state index in [9.17, 15) is 4.79 Å². The fourth-order valence-electron chi connectivity index (χ4n) is 0.779. The van der Waals surface area contributed by atoms with Crippen LogP contribution in [-0.2, 0) is 9.53 Å². The van der Waals surface area contributed by atoms with Crippen LogP contribution in [0, 0.1) is 0 Å². The highest BCUT2D eigenvalue weighted by molar-refractivity contribution is 9.10. The van der Waals surface area contributed by atoms with E-state index in [0.29, 0.717) is 12.5 Å². The number of pyridine rings is 1. The van der Waals surface area contributed by atoms with Crippen molar-refractivity contribution in [3.63, 3.8) is 0 Å². The average molecular weight is 260 g/mol. The molecule has 76 valence electrons. The van der Waals surface area contributed by atoms with Crippen molar-refractivity contribution in [2.24, 2.45) is 0 Å². The van der Waals surface area contributed by atoms with Crippen LogP contribution in [0.2, 0.25) is 0 Å². The van der Waals surface area contributed by atoms with E-state index in [1.165, 1.54) is 6.92 Å². The molecule has 0 amide bonds. The molecule has 1 aromatic heterocycles. The maximum Gasteiger partial charge on any atom is 0.302 e. The number of esters is 1. The van der Waals surface area contributed by atoms with E-state index in [-0.39, 0.29) is 12.6 Å². The summed E-state index contributed by atoms with van der Waals surface area (Å²) >= 11 is 3.26. The molecule has 0 aliphatic rings. The Morgan fingerprint density at radius 1 is 1.50 bits per heavy atom. The Morgan fingerprint density at radius 2 is 2.29 bits per heavy atom. The summed E-state index contributed by atoms with van der Waals surface area (Å²) in [7, 11) is 0. The summed E-state index contributed by atoms with van der Waals surface area (Å²) in [6.45, 7) is 1.92. The van der Waals surface area contributed by atoms with Crippen molar-refractivity contribution in [1.82, 2.24) is 4.98 Å². The molecular formula is C9H10BrNO3. The second-order valence-corrected chi connectivity index (χ2v) is 3.42. The molecule has 0 bridgehead atoms. The van der Waals surface area contributed by atoms with Crippen LogP contribution in [0.15, 0.2) is 22.8 Å². The molecule has 0 spiro atoms. The first-order valence-corrected chi connectivity index (χ1v) is 4.85. The monoisotopic (exact) mass is 259 g/mol. The molecule has 1 rings (SSSR count). The van der Waals surface area contributed by atoms with Gasteiger partial charge in [0.05, 0.1) is 0 Å². The van der Waals surface area contributed by atoms with Gasteiger partial charge in [-0.15, -0.1) is 0 Å². The second kappa shape index (κ2) is 5.59. The number of aromatic nitrogens is 1. The Hall–Kier alpha value is -1.10. The third kappa shape index (κ3) is 4.23. The summed E-state index contributed by atoms with van der Waals surface area (Å²) in [4.78, 5) is 14.4. The van der Waals surface area contributed by atoms with Gasteiger partial charge in [-0.05, 0) is 22.0 Å². The highest BCUT2D eigenvalue weighted by Crippen LogP contribution is 2.11. The molecule has 1 heterocycles. The number of carbonyl (C=O) groups is 1. The lowest BCUT2D eigenvalue weighted by Crippen LogP contribution is -2.09. The van der Waals surface area contributed by atoms with Crippen molar-refractivity contribution in [3.8, 4) is 5.88 Å². The smallest absolute Gasteiger partial charge is 0.302 e. The molecular weight excluding hydrogens is 250 g/mol. The van der Waals surface area contributed by atoms with Crippen LogP contribution in [0.5, 0.6) is 5.88 Å². The van der Waals surface area contributed by atoms with Gasteiger partial charge in [0, 0.05) is 23.7 Å². The van der Waals surface area contributed by atoms with Gasteiger partial charge in [0.15, 0.2) is 0 Å². The fourth-order valence-corrected chi connectivity index (χ4v) is 1.01. The van der Waals surface area contributed by atoms with Gasteiger partial charge in [-0.1, -0.05) is 0 Å². The summed E-state index contributed by atoms with van der Waals surface area (Å²) in [5.74, 6) is 0.206. The van der Waals surface area contributed by atoms with Crippen LogP contribution in [-0.4, -0.2) is 24.2 Å². The van der Waals surface area contributed by atoms with Crippen molar-refractivity contribution < 1.29 is 14.3 Å². The average Bonchev–Trinajstić information content (AvgIpc) is 2.15. The van der Waals surface area contributed by atoms with Crippen LogP contribution in [0.25, 0.3) is 0 Å². The number of ether oxygens (including phenoxy) is 2. The maximum absolute atomic E-state index is 10.4. The minimum Gasteiger partial charge on any atom is -0.474 e. The topological polar surface area (TPSA) is 48.4 Å². The molecule has 0 atom stereocenters. The number of nitrogens with zero attached hydrogens (tertiary/aromatic N) is 1.